The second-order valence-corrected chi connectivity index (χ2v) is 6.26. The van der Waals surface area contributed by atoms with Crippen LogP contribution in [-0.2, 0) is 4.79 Å². The summed E-state index contributed by atoms with van der Waals surface area (Å²) in [7, 11) is 0. The number of urea groups is 1. The van der Waals surface area contributed by atoms with Crippen LogP contribution in [0, 0.1) is 5.92 Å². The highest BCUT2D eigenvalue weighted by Crippen LogP contribution is 2.17. The van der Waals surface area contributed by atoms with Gasteiger partial charge in [-0.05, 0) is 44.7 Å². The quantitative estimate of drug-likeness (QED) is 0.718. The molecule has 0 unspecified atom stereocenters. The molecule has 3 N–H and O–H groups in total. The molecule has 0 radical (unpaired) electrons. The van der Waals surface area contributed by atoms with E-state index in [1.165, 1.54) is 6.42 Å². The second kappa shape index (κ2) is 8.34. The Labute approximate surface area is 126 Å². The van der Waals surface area contributed by atoms with Crippen molar-refractivity contribution in [2.75, 3.05) is 26.2 Å². The van der Waals surface area contributed by atoms with E-state index in [2.05, 4.69) is 10.6 Å². The molecule has 120 valence electrons. The molecular weight excluding hydrogens is 270 g/mol. The Morgan fingerprint density at radius 2 is 1.71 bits per heavy atom. The molecule has 0 aromatic rings. The van der Waals surface area contributed by atoms with Gasteiger partial charge in [-0.2, -0.15) is 0 Å². The zero-order valence-electron chi connectivity index (χ0n) is 12.6. The summed E-state index contributed by atoms with van der Waals surface area (Å²) in [6.45, 7) is 2.10. The molecule has 2 rings (SSSR count). The average Bonchev–Trinajstić information content (AvgIpc) is 2.48. The van der Waals surface area contributed by atoms with Crippen molar-refractivity contribution >= 4 is 11.9 Å². The van der Waals surface area contributed by atoms with Gasteiger partial charge in [-0.1, -0.05) is 19.3 Å². The molecule has 0 spiro atoms. The lowest BCUT2D eigenvalue weighted by Gasteiger charge is -2.30. The molecule has 1 aliphatic heterocycles. The average molecular weight is 297 g/mol. The van der Waals surface area contributed by atoms with E-state index in [1.54, 1.807) is 0 Å². The van der Waals surface area contributed by atoms with Crippen LogP contribution in [0.15, 0.2) is 0 Å². The van der Waals surface area contributed by atoms with Crippen molar-refractivity contribution < 1.29 is 14.7 Å². The predicted molar refractivity (Wildman–Crippen MR) is 79.8 cm³/mol. The number of likely N-dealkylation sites (tertiary alicyclic amines) is 1. The minimum absolute atomic E-state index is 0.215. The van der Waals surface area contributed by atoms with Crippen LogP contribution >= 0.6 is 0 Å². The largest absolute Gasteiger partial charge is 0.396 e. The summed E-state index contributed by atoms with van der Waals surface area (Å²) in [5, 5.41) is 14.4. The molecule has 6 nitrogen and oxygen atoms in total. The van der Waals surface area contributed by atoms with Gasteiger partial charge >= 0.3 is 6.03 Å². The third-order valence-electron chi connectivity index (χ3n) is 4.53. The number of aliphatic hydroxyl groups is 1. The van der Waals surface area contributed by atoms with Crippen LogP contribution in [0.25, 0.3) is 0 Å². The summed E-state index contributed by atoms with van der Waals surface area (Å²) in [6.07, 6.45) is 7.39. The van der Waals surface area contributed by atoms with Gasteiger partial charge < -0.3 is 10.4 Å². The van der Waals surface area contributed by atoms with Crippen molar-refractivity contribution in [3.63, 3.8) is 0 Å². The van der Waals surface area contributed by atoms with Crippen LogP contribution in [-0.4, -0.2) is 54.2 Å². The first-order chi connectivity index (χ1) is 10.2. The Bertz CT molecular complexity index is 348. The van der Waals surface area contributed by atoms with Crippen molar-refractivity contribution in [3.8, 4) is 0 Å². The van der Waals surface area contributed by atoms with Gasteiger partial charge in [-0.15, -0.1) is 0 Å². The van der Waals surface area contributed by atoms with E-state index in [0.717, 1.165) is 51.6 Å². The molecule has 0 bridgehead atoms. The van der Waals surface area contributed by atoms with Gasteiger partial charge in [0.1, 0.15) is 0 Å². The molecule has 1 saturated heterocycles. The van der Waals surface area contributed by atoms with Crippen molar-refractivity contribution in [2.24, 2.45) is 5.92 Å². The molecule has 1 saturated carbocycles. The molecule has 3 amide bonds. The van der Waals surface area contributed by atoms with Crippen LogP contribution in [0.4, 0.5) is 4.79 Å². The summed E-state index contributed by atoms with van der Waals surface area (Å²) in [5.41, 5.74) is 0. The van der Waals surface area contributed by atoms with E-state index in [0.29, 0.717) is 5.92 Å². The summed E-state index contributed by atoms with van der Waals surface area (Å²) >= 11 is 0. The molecular formula is C15H27N3O3. The van der Waals surface area contributed by atoms with Crippen molar-refractivity contribution in [1.29, 1.82) is 0 Å². The highest BCUT2D eigenvalue weighted by atomic mass is 16.3. The molecule has 0 atom stereocenters. The Hall–Kier alpha value is -1.14. The minimum atomic E-state index is -0.364. The van der Waals surface area contributed by atoms with Crippen LogP contribution in [0.1, 0.15) is 44.9 Å². The number of rotatable bonds is 4. The third-order valence-corrected chi connectivity index (χ3v) is 4.53. The maximum absolute atomic E-state index is 11.9. The first-order valence-electron chi connectivity index (χ1n) is 8.11. The monoisotopic (exact) mass is 297 g/mol. The highest BCUT2D eigenvalue weighted by Gasteiger charge is 2.21. The number of carbonyl (C=O) groups is 2. The van der Waals surface area contributed by atoms with Gasteiger partial charge in [-0.25, -0.2) is 4.79 Å². The summed E-state index contributed by atoms with van der Waals surface area (Å²) < 4.78 is 0. The molecule has 21 heavy (non-hydrogen) atoms. The number of amides is 3. The fourth-order valence-corrected chi connectivity index (χ4v) is 3.16. The van der Waals surface area contributed by atoms with Crippen molar-refractivity contribution in [2.45, 2.75) is 51.0 Å². The van der Waals surface area contributed by atoms with E-state index in [1.807, 2.05) is 4.90 Å². The molecule has 0 aromatic carbocycles. The number of carbonyl (C=O) groups excluding carboxylic acids is 2. The number of imide groups is 1. The molecule has 1 heterocycles. The summed E-state index contributed by atoms with van der Waals surface area (Å²) in [6, 6.07) is -0.149. The minimum Gasteiger partial charge on any atom is -0.396 e. The number of hydrogen-bond donors (Lipinski definition) is 3. The van der Waals surface area contributed by atoms with Gasteiger partial charge in [0.05, 0.1) is 6.54 Å². The number of aliphatic hydroxyl groups excluding tert-OH is 1. The third kappa shape index (κ3) is 5.63. The number of piperidine rings is 1. The Kier molecular flexibility index (Phi) is 6.45. The first kappa shape index (κ1) is 16.2. The lowest BCUT2D eigenvalue weighted by molar-refractivity contribution is -0.121. The maximum Gasteiger partial charge on any atom is 0.321 e. The molecule has 6 heteroatoms. The van der Waals surface area contributed by atoms with E-state index in [-0.39, 0.29) is 31.1 Å². The van der Waals surface area contributed by atoms with E-state index < -0.39 is 0 Å². The Balaban J connectivity index is 1.63. The lowest BCUT2D eigenvalue weighted by Crippen LogP contribution is -2.49. The number of nitrogens with zero attached hydrogens (tertiary/aromatic N) is 1. The molecule has 2 fully saturated rings. The van der Waals surface area contributed by atoms with E-state index in [9.17, 15) is 9.59 Å². The second-order valence-electron chi connectivity index (χ2n) is 6.26. The SMILES string of the molecule is O=C(CN1CCC(CO)CC1)NC(=O)NC1CCCCC1. The van der Waals surface area contributed by atoms with E-state index >= 15 is 0 Å². The Morgan fingerprint density at radius 3 is 2.33 bits per heavy atom. The van der Waals surface area contributed by atoms with Crippen LogP contribution < -0.4 is 10.6 Å². The van der Waals surface area contributed by atoms with Crippen LogP contribution in [0.2, 0.25) is 0 Å². The van der Waals surface area contributed by atoms with Crippen molar-refractivity contribution in [3.05, 3.63) is 0 Å². The van der Waals surface area contributed by atoms with Crippen molar-refractivity contribution in [1.82, 2.24) is 15.5 Å². The smallest absolute Gasteiger partial charge is 0.321 e. The van der Waals surface area contributed by atoms with Crippen LogP contribution in [0.3, 0.4) is 0 Å². The van der Waals surface area contributed by atoms with Crippen LogP contribution in [0.5, 0.6) is 0 Å². The normalized spacial score (nSPS) is 22.0. The summed E-state index contributed by atoms with van der Waals surface area (Å²) in [5.74, 6) is 0.115. The van der Waals surface area contributed by atoms with Gasteiger partial charge in [0.2, 0.25) is 5.91 Å². The van der Waals surface area contributed by atoms with Gasteiger partial charge in [0.25, 0.3) is 0 Å². The standard InChI is InChI=1S/C15H27N3O3/c19-11-12-6-8-18(9-7-12)10-14(20)17-15(21)16-13-4-2-1-3-5-13/h12-13,19H,1-11H2,(H2,16,17,20,21). The van der Waals surface area contributed by atoms with Gasteiger partial charge in [0, 0.05) is 12.6 Å². The summed E-state index contributed by atoms with van der Waals surface area (Å²) in [4.78, 5) is 25.7. The lowest BCUT2D eigenvalue weighted by atomic mass is 9.96. The molecule has 1 aliphatic carbocycles. The van der Waals surface area contributed by atoms with Gasteiger partial charge in [0.15, 0.2) is 0 Å². The first-order valence-corrected chi connectivity index (χ1v) is 8.11. The fraction of sp³-hybridized carbons (Fsp3) is 0.867. The number of nitrogens with one attached hydrogen (secondary N) is 2. The maximum atomic E-state index is 11.9. The zero-order valence-corrected chi connectivity index (χ0v) is 12.6. The fourth-order valence-electron chi connectivity index (χ4n) is 3.16. The van der Waals surface area contributed by atoms with Gasteiger partial charge in [-0.3, -0.25) is 15.0 Å². The zero-order chi connectivity index (χ0) is 15.1. The van der Waals surface area contributed by atoms with E-state index in [4.69, 9.17) is 5.11 Å². The Morgan fingerprint density at radius 1 is 1.05 bits per heavy atom. The predicted octanol–water partition coefficient (Wildman–Crippen LogP) is 0.849. The topological polar surface area (TPSA) is 81.7 Å². The molecule has 0 aromatic heterocycles. The number of hydrogen-bond acceptors (Lipinski definition) is 4. The highest BCUT2D eigenvalue weighted by molar-refractivity contribution is 5.95. The molecule has 2 aliphatic rings.